The minimum atomic E-state index is 0.148. The van der Waals surface area contributed by atoms with Crippen molar-refractivity contribution in [1.29, 1.82) is 0 Å². The molecule has 2 heterocycles. The Bertz CT molecular complexity index is 726. The van der Waals surface area contributed by atoms with Crippen molar-refractivity contribution < 1.29 is 4.79 Å². The van der Waals surface area contributed by atoms with Gasteiger partial charge in [0.25, 0.3) is 0 Å². The molecular formula is C21H25Cl2N3O. The zero-order valence-electron chi connectivity index (χ0n) is 15.3. The Balaban J connectivity index is 1.37. The monoisotopic (exact) mass is 405 g/mol. The van der Waals surface area contributed by atoms with Gasteiger partial charge in [-0.3, -0.25) is 9.78 Å². The van der Waals surface area contributed by atoms with Crippen LogP contribution in [0.1, 0.15) is 31.2 Å². The van der Waals surface area contributed by atoms with Crippen LogP contribution in [0, 0.1) is 5.92 Å². The molecule has 0 saturated carbocycles. The summed E-state index contributed by atoms with van der Waals surface area (Å²) in [7, 11) is 0. The fraction of sp³-hybridized carbons (Fsp3) is 0.429. The molecule has 1 aliphatic rings. The number of hydrogen-bond acceptors (Lipinski definition) is 4. The van der Waals surface area contributed by atoms with Crippen LogP contribution in [0.3, 0.4) is 0 Å². The molecule has 1 N–H and O–H groups in total. The Labute approximate surface area is 170 Å². The first-order chi connectivity index (χ1) is 13.1. The van der Waals surface area contributed by atoms with E-state index in [2.05, 4.69) is 27.3 Å². The SMILES string of the molecule is O=C(CCCNCc1ccccc1)C1CCN(c2c(Cl)cncc2Cl)CC1. The number of benzene rings is 1. The van der Waals surface area contributed by atoms with Crippen molar-refractivity contribution in [2.45, 2.75) is 32.2 Å². The van der Waals surface area contributed by atoms with Crippen molar-refractivity contribution >= 4 is 34.7 Å². The standard InChI is InChI=1S/C21H25Cl2N3O/c22-18-14-25-15-19(23)21(18)26-11-8-17(9-12-26)20(27)7-4-10-24-13-16-5-2-1-3-6-16/h1-3,5-6,14-15,17,24H,4,7-13H2. The quantitative estimate of drug-likeness (QED) is 0.643. The Hall–Kier alpha value is -1.62. The minimum absolute atomic E-state index is 0.148. The second-order valence-electron chi connectivity index (χ2n) is 6.95. The van der Waals surface area contributed by atoms with E-state index in [0.717, 1.165) is 51.1 Å². The summed E-state index contributed by atoms with van der Waals surface area (Å²) in [5, 5.41) is 4.54. The second-order valence-corrected chi connectivity index (χ2v) is 7.76. The van der Waals surface area contributed by atoms with E-state index in [1.54, 1.807) is 12.4 Å². The predicted octanol–water partition coefficient (Wildman–Crippen LogP) is 4.74. The Kier molecular flexibility index (Phi) is 7.50. The first-order valence-corrected chi connectivity index (χ1v) is 10.2. The number of nitrogens with one attached hydrogen (secondary N) is 1. The van der Waals surface area contributed by atoms with Gasteiger partial charge in [-0.1, -0.05) is 53.5 Å². The number of carbonyl (C=O) groups excluding carboxylic acids is 1. The lowest BCUT2D eigenvalue weighted by Crippen LogP contribution is -2.36. The van der Waals surface area contributed by atoms with Crippen molar-refractivity contribution in [2.75, 3.05) is 24.5 Å². The number of carbonyl (C=O) groups is 1. The number of rotatable bonds is 8. The number of pyridine rings is 1. The third-order valence-corrected chi connectivity index (χ3v) is 5.60. The smallest absolute Gasteiger partial charge is 0.136 e. The van der Waals surface area contributed by atoms with Crippen molar-refractivity contribution in [2.24, 2.45) is 5.92 Å². The molecule has 1 fully saturated rings. The van der Waals surface area contributed by atoms with Crippen LogP contribution < -0.4 is 10.2 Å². The van der Waals surface area contributed by atoms with Crippen LogP contribution in [0.2, 0.25) is 10.0 Å². The van der Waals surface area contributed by atoms with E-state index in [-0.39, 0.29) is 5.92 Å². The van der Waals surface area contributed by atoms with E-state index >= 15 is 0 Å². The summed E-state index contributed by atoms with van der Waals surface area (Å²) in [5.74, 6) is 0.526. The molecule has 27 heavy (non-hydrogen) atoms. The predicted molar refractivity (Wildman–Crippen MR) is 112 cm³/mol. The maximum Gasteiger partial charge on any atom is 0.136 e. The summed E-state index contributed by atoms with van der Waals surface area (Å²) in [6.45, 7) is 3.31. The maximum atomic E-state index is 12.5. The summed E-state index contributed by atoms with van der Waals surface area (Å²) in [5.41, 5.74) is 2.11. The molecular weight excluding hydrogens is 381 g/mol. The van der Waals surface area contributed by atoms with Gasteiger partial charge in [0.05, 0.1) is 15.7 Å². The zero-order valence-corrected chi connectivity index (χ0v) is 16.8. The summed E-state index contributed by atoms with van der Waals surface area (Å²) in [6.07, 6.45) is 6.46. The molecule has 0 spiro atoms. The number of nitrogens with zero attached hydrogens (tertiary/aromatic N) is 2. The molecule has 6 heteroatoms. The highest BCUT2D eigenvalue weighted by atomic mass is 35.5. The van der Waals surface area contributed by atoms with Gasteiger partial charge in [0.1, 0.15) is 5.78 Å². The Morgan fingerprint density at radius 1 is 1.11 bits per heavy atom. The normalized spacial score (nSPS) is 15.1. The van der Waals surface area contributed by atoms with Crippen LogP contribution >= 0.6 is 23.2 Å². The number of piperidine rings is 1. The molecule has 0 amide bonds. The van der Waals surface area contributed by atoms with Crippen molar-refractivity contribution in [3.05, 3.63) is 58.3 Å². The summed E-state index contributed by atoms with van der Waals surface area (Å²) >= 11 is 12.5. The van der Waals surface area contributed by atoms with Crippen LogP contribution in [0.5, 0.6) is 0 Å². The fourth-order valence-corrected chi connectivity index (χ4v) is 4.16. The number of anilines is 1. The second kappa shape index (κ2) is 10.1. The molecule has 4 nitrogen and oxygen atoms in total. The molecule has 2 aromatic rings. The largest absolute Gasteiger partial charge is 0.369 e. The van der Waals surface area contributed by atoms with Crippen molar-refractivity contribution in [3.8, 4) is 0 Å². The van der Waals surface area contributed by atoms with Gasteiger partial charge < -0.3 is 10.2 Å². The van der Waals surface area contributed by atoms with Gasteiger partial charge in [0, 0.05) is 44.4 Å². The van der Waals surface area contributed by atoms with E-state index in [0.29, 0.717) is 22.2 Å². The van der Waals surface area contributed by atoms with E-state index < -0.39 is 0 Å². The third-order valence-electron chi connectivity index (χ3n) is 5.04. The Morgan fingerprint density at radius 3 is 2.44 bits per heavy atom. The number of aromatic nitrogens is 1. The fourth-order valence-electron chi connectivity index (χ4n) is 3.55. The molecule has 0 unspecified atom stereocenters. The molecule has 1 aromatic heterocycles. The highest BCUT2D eigenvalue weighted by Crippen LogP contribution is 2.35. The van der Waals surface area contributed by atoms with E-state index in [9.17, 15) is 4.79 Å². The van der Waals surface area contributed by atoms with E-state index in [4.69, 9.17) is 23.2 Å². The maximum absolute atomic E-state index is 12.5. The van der Waals surface area contributed by atoms with Crippen LogP contribution in [0.25, 0.3) is 0 Å². The van der Waals surface area contributed by atoms with Gasteiger partial charge >= 0.3 is 0 Å². The molecule has 0 radical (unpaired) electrons. The molecule has 144 valence electrons. The summed E-state index contributed by atoms with van der Waals surface area (Å²) < 4.78 is 0. The average Bonchev–Trinajstić information content (AvgIpc) is 2.69. The summed E-state index contributed by atoms with van der Waals surface area (Å²) in [4.78, 5) is 18.7. The van der Waals surface area contributed by atoms with Gasteiger partial charge in [0.2, 0.25) is 0 Å². The molecule has 0 bridgehead atoms. The van der Waals surface area contributed by atoms with Gasteiger partial charge in [-0.15, -0.1) is 0 Å². The zero-order chi connectivity index (χ0) is 19.1. The lowest BCUT2D eigenvalue weighted by atomic mass is 9.90. The summed E-state index contributed by atoms with van der Waals surface area (Å²) in [6, 6.07) is 10.3. The van der Waals surface area contributed by atoms with Crippen molar-refractivity contribution in [1.82, 2.24) is 10.3 Å². The molecule has 1 saturated heterocycles. The number of hydrogen-bond donors (Lipinski definition) is 1. The van der Waals surface area contributed by atoms with Crippen LogP contribution in [0.4, 0.5) is 5.69 Å². The molecule has 0 aliphatic carbocycles. The van der Waals surface area contributed by atoms with Crippen LogP contribution in [0.15, 0.2) is 42.7 Å². The van der Waals surface area contributed by atoms with E-state index in [1.165, 1.54) is 5.56 Å². The first kappa shape index (κ1) is 20.1. The lowest BCUT2D eigenvalue weighted by molar-refractivity contribution is -0.123. The molecule has 0 atom stereocenters. The van der Waals surface area contributed by atoms with Gasteiger partial charge in [-0.05, 0) is 31.4 Å². The number of Topliss-reactive ketones (excluding diaryl/α,β-unsaturated/α-hetero) is 1. The highest BCUT2D eigenvalue weighted by molar-refractivity contribution is 6.38. The van der Waals surface area contributed by atoms with Crippen molar-refractivity contribution in [3.63, 3.8) is 0 Å². The number of halogens is 2. The van der Waals surface area contributed by atoms with Crippen LogP contribution in [-0.4, -0.2) is 30.4 Å². The Morgan fingerprint density at radius 2 is 1.78 bits per heavy atom. The average molecular weight is 406 g/mol. The van der Waals surface area contributed by atoms with E-state index in [1.807, 2.05) is 18.2 Å². The van der Waals surface area contributed by atoms with Gasteiger partial charge in [0.15, 0.2) is 0 Å². The van der Waals surface area contributed by atoms with Gasteiger partial charge in [-0.2, -0.15) is 0 Å². The molecule has 1 aromatic carbocycles. The topological polar surface area (TPSA) is 45.2 Å². The van der Waals surface area contributed by atoms with Gasteiger partial charge in [-0.25, -0.2) is 0 Å². The lowest BCUT2D eigenvalue weighted by Gasteiger charge is -2.33. The van der Waals surface area contributed by atoms with Crippen LogP contribution in [-0.2, 0) is 11.3 Å². The minimum Gasteiger partial charge on any atom is -0.369 e. The first-order valence-electron chi connectivity index (χ1n) is 9.46. The third kappa shape index (κ3) is 5.68. The highest BCUT2D eigenvalue weighted by Gasteiger charge is 2.26. The molecule has 3 rings (SSSR count). The molecule has 1 aliphatic heterocycles. The number of ketones is 1.